The van der Waals surface area contributed by atoms with Gasteiger partial charge in [0.15, 0.2) is 0 Å². The van der Waals surface area contributed by atoms with E-state index in [0.717, 1.165) is 38.8 Å². The average Bonchev–Trinajstić information content (AvgIpc) is 2.34. The lowest BCUT2D eigenvalue weighted by molar-refractivity contribution is 0.0118. The zero-order valence-electron chi connectivity index (χ0n) is 12.8. The van der Waals surface area contributed by atoms with Gasteiger partial charge < -0.3 is 14.7 Å². The van der Waals surface area contributed by atoms with Crippen LogP contribution in [0.1, 0.15) is 53.4 Å². The van der Waals surface area contributed by atoms with Crippen LogP contribution < -0.4 is 0 Å². The molecule has 2 atom stereocenters. The Labute approximate surface area is 117 Å². The summed E-state index contributed by atoms with van der Waals surface area (Å²) < 4.78 is 5.44. The second-order valence-electron chi connectivity index (χ2n) is 6.51. The van der Waals surface area contributed by atoms with Gasteiger partial charge in [0.1, 0.15) is 5.60 Å². The largest absolute Gasteiger partial charge is 0.444 e. The van der Waals surface area contributed by atoms with E-state index >= 15 is 0 Å². The molecule has 1 aliphatic heterocycles. The van der Waals surface area contributed by atoms with Crippen LogP contribution in [0.25, 0.3) is 0 Å². The maximum Gasteiger partial charge on any atom is 0.410 e. The van der Waals surface area contributed by atoms with Crippen molar-refractivity contribution < 1.29 is 14.6 Å². The Morgan fingerprint density at radius 2 is 2.16 bits per heavy atom. The second-order valence-corrected chi connectivity index (χ2v) is 6.51. The van der Waals surface area contributed by atoms with Crippen molar-refractivity contribution in [2.45, 2.75) is 59.0 Å². The quantitative estimate of drug-likeness (QED) is 0.855. The number of rotatable bonds is 4. The molecule has 1 rings (SSSR count). The molecule has 1 fully saturated rings. The van der Waals surface area contributed by atoms with Crippen LogP contribution in [0.4, 0.5) is 4.79 Å². The molecule has 0 bridgehead atoms. The molecule has 0 aromatic carbocycles. The second kappa shape index (κ2) is 7.13. The highest BCUT2D eigenvalue weighted by molar-refractivity contribution is 5.68. The van der Waals surface area contributed by atoms with E-state index in [0.29, 0.717) is 11.8 Å². The normalized spacial score (nSPS) is 22.2. The van der Waals surface area contributed by atoms with Crippen LogP contribution in [0.5, 0.6) is 0 Å². The first-order chi connectivity index (χ1) is 8.87. The fraction of sp³-hybridized carbons (Fsp3) is 0.933. The summed E-state index contributed by atoms with van der Waals surface area (Å²) in [6.45, 7) is 9.65. The molecule has 0 radical (unpaired) electrons. The third-order valence-electron chi connectivity index (χ3n) is 3.80. The maximum absolute atomic E-state index is 12.1. The number of amides is 1. The number of hydrogen-bond donors (Lipinski definition) is 1. The molecule has 1 aliphatic rings. The number of ether oxygens (including phenoxy) is 1. The summed E-state index contributed by atoms with van der Waals surface area (Å²) in [4.78, 5) is 13.9. The van der Waals surface area contributed by atoms with Crippen molar-refractivity contribution >= 4 is 6.09 Å². The zero-order chi connectivity index (χ0) is 14.5. The van der Waals surface area contributed by atoms with Gasteiger partial charge in [-0.1, -0.05) is 13.3 Å². The van der Waals surface area contributed by atoms with Gasteiger partial charge in [0.25, 0.3) is 0 Å². The average molecular weight is 271 g/mol. The number of hydrogen-bond acceptors (Lipinski definition) is 3. The molecule has 0 saturated carbocycles. The van der Waals surface area contributed by atoms with E-state index < -0.39 is 5.60 Å². The van der Waals surface area contributed by atoms with Crippen LogP contribution in [0, 0.1) is 11.8 Å². The molecule has 0 aliphatic carbocycles. The lowest BCUT2D eigenvalue weighted by Gasteiger charge is -2.37. The third kappa shape index (κ3) is 5.39. The Morgan fingerprint density at radius 1 is 1.47 bits per heavy atom. The summed E-state index contributed by atoms with van der Waals surface area (Å²) in [5.74, 6) is 1.01. The molecular weight excluding hydrogens is 242 g/mol. The minimum atomic E-state index is -0.431. The molecule has 2 unspecified atom stereocenters. The van der Waals surface area contributed by atoms with E-state index in [1.165, 1.54) is 0 Å². The smallest absolute Gasteiger partial charge is 0.410 e. The molecule has 4 nitrogen and oxygen atoms in total. The predicted octanol–water partition coefficient (Wildman–Crippen LogP) is 3.04. The first-order valence-electron chi connectivity index (χ1n) is 7.46. The van der Waals surface area contributed by atoms with Gasteiger partial charge in [0, 0.05) is 19.7 Å². The molecule has 1 N–H and O–H groups in total. The van der Waals surface area contributed by atoms with E-state index in [-0.39, 0.29) is 12.7 Å². The predicted molar refractivity (Wildman–Crippen MR) is 76.0 cm³/mol. The van der Waals surface area contributed by atoms with Crippen molar-refractivity contribution in [3.63, 3.8) is 0 Å². The molecule has 4 heteroatoms. The van der Waals surface area contributed by atoms with Crippen LogP contribution >= 0.6 is 0 Å². The minimum absolute atomic E-state index is 0.198. The van der Waals surface area contributed by atoms with Gasteiger partial charge in [-0.15, -0.1) is 0 Å². The van der Waals surface area contributed by atoms with Gasteiger partial charge in [-0.25, -0.2) is 4.79 Å². The van der Waals surface area contributed by atoms with Crippen molar-refractivity contribution in [1.82, 2.24) is 4.90 Å². The number of likely N-dealkylation sites (tertiary alicyclic amines) is 1. The maximum atomic E-state index is 12.1. The van der Waals surface area contributed by atoms with Crippen molar-refractivity contribution in [1.29, 1.82) is 0 Å². The summed E-state index contributed by atoms with van der Waals surface area (Å²) in [5.41, 5.74) is -0.431. The van der Waals surface area contributed by atoms with Gasteiger partial charge in [0.05, 0.1) is 0 Å². The Morgan fingerprint density at radius 3 is 2.68 bits per heavy atom. The van der Waals surface area contributed by atoms with E-state index in [1.807, 2.05) is 25.7 Å². The summed E-state index contributed by atoms with van der Waals surface area (Å²) in [6, 6.07) is 0. The molecule has 0 aromatic rings. The van der Waals surface area contributed by atoms with Crippen LogP contribution in [0.3, 0.4) is 0 Å². The summed E-state index contributed by atoms with van der Waals surface area (Å²) >= 11 is 0. The first-order valence-corrected chi connectivity index (χ1v) is 7.46. The van der Waals surface area contributed by atoms with Gasteiger partial charge in [-0.05, 0) is 51.9 Å². The molecule has 1 amide bonds. The topological polar surface area (TPSA) is 49.8 Å². The lowest BCUT2D eigenvalue weighted by atomic mass is 9.82. The highest BCUT2D eigenvalue weighted by Gasteiger charge is 2.30. The molecule has 19 heavy (non-hydrogen) atoms. The van der Waals surface area contributed by atoms with Gasteiger partial charge in [-0.3, -0.25) is 0 Å². The van der Waals surface area contributed by atoms with Crippen LogP contribution in [0.2, 0.25) is 0 Å². The summed E-state index contributed by atoms with van der Waals surface area (Å²) in [5, 5.41) is 9.12. The van der Waals surface area contributed by atoms with Crippen LogP contribution in [0.15, 0.2) is 0 Å². The SMILES string of the molecule is CCC(CCO)C1CCCN(C(=O)OC(C)(C)C)C1. The van der Waals surface area contributed by atoms with Gasteiger partial charge >= 0.3 is 6.09 Å². The fourth-order valence-corrected chi connectivity index (χ4v) is 2.83. The van der Waals surface area contributed by atoms with Crippen molar-refractivity contribution in [2.75, 3.05) is 19.7 Å². The number of carbonyl (C=O) groups excluding carboxylic acids is 1. The monoisotopic (exact) mass is 271 g/mol. The molecular formula is C15H29NO3. The standard InChI is InChI=1S/C15H29NO3/c1-5-12(8-10-17)13-7-6-9-16(11-13)14(18)19-15(2,3)4/h12-13,17H,5-11H2,1-4H3. The van der Waals surface area contributed by atoms with E-state index in [4.69, 9.17) is 9.84 Å². The number of aliphatic hydroxyl groups is 1. The molecule has 112 valence electrons. The van der Waals surface area contributed by atoms with E-state index in [9.17, 15) is 4.79 Å². The Kier molecular flexibility index (Phi) is 6.11. The van der Waals surface area contributed by atoms with Gasteiger partial charge in [-0.2, -0.15) is 0 Å². The molecule has 0 spiro atoms. The highest BCUT2D eigenvalue weighted by atomic mass is 16.6. The molecule has 1 heterocycles. The lowest BCUT2D eigenvalue weighted by Crippen LogP contribution is -2.44. The number of aliphatic hydroxyl groups excluding tert-OH is 1. The number of nitrogens with zero attached hydrogens (tertiary/aromatic N) is 1. The van der Waals surface area contributed by atoms with Crippen LogP contribution in [-0.2, 0) is 4.74 Å². The highest BCUT2D eigenvalue weighted by Crippen LogP contribution is 2.29. The van der Waals surface area contributed by atoms with Crippen molar-refractivity contribution in [2.24, 2.45) is 11.8 Å². The van der Waals surface area contributed by atoms with E-state index in [2.05, 4.69) is 6.92 Å². The summed E-state index contributed by atoms with van der Waals surface area (Å²) in [6.07, 6.45) is 3.89. The molecule has 1 saturated heterocycles. The number of piperidine rings is 1. The Bertz CT molecular complexity index is 286. The molecule has 0 aromatic heterocycles. The first kappa shape index (κ1) is 16.3. The van der Waals surface area contributed by atoms with E-state index in [1.54, 1.807) is 0 Å². The Balaban J connectivity index is 2.56. The third-order valence-corrected chi connectivity index (χ3v) is 3.80. The van der Waals surface area contributed by atoms with Crippen molar-refractivity contribution in [3.05, 3.63) is 0 Å². The zero-order valence-corrected chi connectivity index (χ0v) is 12.8. The fourth-order valence-electron chi connectivity index (χ4n) is 2.83. The van der Waals surface area contributed by atoms with Gasteiger partial charge in [0.2, 0.25) is 0 Å². The van der Waals surface area contributed by atoms with Crippen LogP contribution in [-0.4, -0.2) is 41.4 Å². The number of carbonyl (C=O) groups is 1. The summed E-state index contributed by atoms with van der Waals surface area (Å²) in [7, 11) is 0. The van der Waals surface area contributed by atoms with Crippen molar-refractivity contribution in [3.8, 4) is 0 Å². The minimum Gasteiger partial charge on any atom is -0.444 e. The Hall–Kier alpha value is -0.770.